The fourth-order valence-corrected chi connectivity index (χ4v) is 2.77. The summed E-state index contributed by atoms with van der Waals surface area (Å²) < 4.78 is 0. The van der Waals surface area contributed by atoms with E-state index in [0.717, 1.165) is 0 Å². The number of fused-ring (bicyclic) bond motifs is 1. The second kappa shape index (κ2) is 3.14. The molecule has 70 valence electrons. The molecule has 0 radical (unpaired) electrons. The zero-order valence-corrected chi connectivity index (χ0v) is 7.99. The summed E-state index contributed by atoms with van der Waals surface area (Å²) in [5.74, 6) is 1.39. The number of nitrogens with zero attached hydrogens (tertiary/aromatic N) is 1. The highest BCUT2D eigenvalue weighted by molar-refractivity contribution is 5.88. The Hall–Kier alpha value is -0.840. The monoisotopic (exact) mass is 177 g/mol. The number of carbonyl (C=O) groups excluding carboxylic acids is 1. The first-order valence-electron chi connectivity index (χ1n) is 5.19. The molecule has 0 saturated heterocycles. The van der Waals surface area contributed by atoms with E-state index in [0.29, 0.717) is 11.8 Å². The van der Waals surface area contributed by atoms with Crippen LogP contribution in [0.25, 0.3) is 0 Å². The Morgan fingerprint density at radius 1 is 1.38 bits per heavy atom. The summed E-state index contributed by atoms with van der Waals surface area (Å²) in [5, 5.41) is 8.64. The quantitative estimate of drug-likeness (QED) is 0.648. The first-order chi connectivity index (χ1) is 6.25. The zero-order valence-electron chi connectivity index (χ0n) is 7.99. The maximum Gasteiger partial charge on any atom is 0.153 e. The first kappa shape index (κ1) is 8.74. The van der Waals surface area contributed by atoms with Crippen molar-refractivity contribution in [2.75, 3.05) is 0 Å². The van der Waals surface area contributed by atoms with Gasteiger partial charge in [0.2, 0.25) is 0 Å². The van der Waals surface area contributed by atoms with Crippen LogP contribution < -0.4 is 0 Å². The fourth-order valence-electron chi connectivity index (χ4n) is 2.77. The molecular weight excluding hydrogens is 162 g/mol. The van der Waals surface area contributed by atoms with Crippen molar-refractivity contribution in [3.05, 3.63) is 0 Å². The van der Waals surface area contributed by atoms with Crippen LogP contribution in [0.4, 0.5) is 0 Å². The molecule has 0 aromatic carbocycles. The standard InChI is InChI=1S/C11H15NO/c1-7(6-12)11(13)10-8-4-2-3-5-9(8)10/h7-10H,2-5H2,1H3. The Bertz CT molecular complexity index is 254. The van der Waals surface area contributed by atoms with Gasteiger partial charge in [-0.1, -0.05) is 12.8 Å². The van der Waals surface area contributed by atoms with E-state index in [1.807, 2.05) is 6.07 Å². The summed E-state index contributed by atoms with van der Waals surface area (Å²) in [5.41, 5.74) is 0. The molecule has 0 N–H and O–H groups in total. The lowest BCUT2D eigenvalue weighted by Gasteiger charge is -2.04. The average molecular weight is 177 g/mol. The maximum atomic E-state index is 11.7. The molecule has 2 aliphatic rings. The molecule has 2 saturated carbocycles. The highest BCUT2D eigenvalue weighted by atomic mass is 16.1. The van der Waals surface area contributed by atoms with Gasteiger partial charge in [0.1, 0.15) is 5.92 Å². The summed E-state index contributed by atoms with van der Waals surface area (Å²) in [4.78, 5) is 11.7. The smallest absolute Gasteiger partial charge is 0.153 e. The third-order valence-electron chi connectivity index (χ3n) is 3.61. The molecule has 2 aliphatic carbocycles. The third kappa shape index (κ3) is 1.37. The molecule has 3 unspecified atom stereocenters. The molecule has 0 bridgehead atoms. The van der Waals surface area contributed by atoms with Crippen LogP contribution in [0.3, 0.4) is 0 Å². The van der Waals surface area contributed by atoms with Crippen LogP contribution in [0.15, 0.2) is 0 Å². The molecule has 0 spiro atoms. The van der Waals surface area contributed by atoms with E-state index in [1.54, 1.807) is 6.92 Å². The summed E-state index contributed by atoms with van der Waals surface area (Å²) in [6.07, 6.45) is 5.01. The number of rotatable bonds is 2. The van der Waals surface area contributed by atoms with E-state index in [1.165, 1.54) is 25.7 Å². The fraction of sp³-hybridized carbons (Fsp3) is 0.818. The molecule has 2 fully saturated rings. The molecule has 0 amide bonds. The Balaban J connectivity index is 1.97. The van der Waals surface area contributed by atoms with E-state index in [2.05, 4.69) is 0 Å². The largest absolute Gasteiger partial charge is 0.298 e. The average Bonchev–Trinajstić information content (AvgIpc) is 2.89. The number of Topliss-reactive ketones (excluding diaryl/α,β-unsaturated/α-hetero) is 1. The molecule has 2 heteroatoms. The van der Waals surface area contributed by atoms with Gasteiger partial charge in [-0.15, -0.1) is 0 Å². The summed E-state index contributed by atoms with van der Waals surface area (Å²) >= 11 is 0. The number of ketones is 1. The van der Waals surface area contributed by atoms with E-state index in [-0.39, 0.29) is 17.6 Å². The second-order valence-corrected chi connectivity index (χ2v) is 4.39. The van der Waals surface area contributed by atoms with Crippen LogP contribution in [0, 0.1) is 35.0 Å². The normalized spacial score (nSPS) is 38.6. The van der Waals surface area contributed by atoms with E-state index >= 15 is 0 Å². The van der Waals surface area contributed by atoms with Crippen LogP contribution in [0.2, 0.25) is 0 Å². The minimum absolute atomic E-state index is 0.208. The van der Waals surface area contributed by atoms with Gasteiger partial charge in [-0.2, -0.15) is 5.26 Å². The lowest BCUT2D eigenvalue weighted by molar-refractivity contribution is -0.122. The van der Waals surface area contributed by atoms with Gasteiger partial charge in [0.25, 0.3) is 0 Å². The van der Waals surface area contributed by atoms with Crippen molar-refractivity contribution in [2.24, 2.45) is 23.7 Å². The summed E-state index contributed by atoms with van der Waals surface area (Å²) in [7, 11) is 0. The Morgan fingerprint density at radius 3 is 2.38 bits per heavy atom. The zero-order chi connectivity index (χ0) is 9.42. The molecule has 0 aromatic heterocycles. The van der Waals surface area contributed by atoms with Gasteiger partial charge in [-0.3, -0.25) is 4.79 Å². The summed E-state index contributed by atoms with van der Waals surface area (Å²) in [6.45, 7) is 1.73. The van der Waals surface area contributed by atoms with Crippen molar-refractivity contribution in [1.82, 2.24) is 0 Å². The maximum absolute atomic E-state index is 11.7. The molecule has 13 heavy (non-hydrogen) atoms. The van der Waals surface area contributed by atoms with Crippen molar-refractivity contribution in [3.8, 4) is 6.07 Å². The van der Waals surface area contributed by atoms with Gasteiger partial charge in [-0.25, -0.2) is 0 Å². The van der Waals surface area contributed by atoms with E-state index in [4.69, 9.17) is 5.26 Å². The summed E-state index contributed by atoms with van der Waals surface area (Å²) in [6, 6.07) is 2.05. The van der Waals surface area contributed by atoms with Crippen molar-refractivity contribution < 1.29 is 4.79 Å². The van der Waals surface area contributed by atoms with Gasteiger partial charge in [0, 0.05) is 5.92 Å². The molecular formula is C11H15NO. The van der Waals surface area contributed by atoms with Gasteiger partial charge in [0.05, 0.1) is 6.07 Å². The highest BCUT2D eigenvalue weighted by Crippen LogP contribution is 2.56. The first-order valence-corrected chi connectivity index (χ1v) is 5.19. The van der Waals surface area contributed by atoms with Gasteiger partial charge >= 0.3 is 0 Å². The lowest BCUT2D eigenvalue weighted by atomic mass is 10.0. The van der Waals surface area contributed by atoms with Crippen molar-refractivity contribution >= 4 is 5.78 Å². The van der Waals surface area contributed by atoms with Crippen LogP contribution in [0.5, 0.6) is 0 Å². The minimum atomic E-state index is -0.379. The number of hydrogen-bond donors (Lipinski definition) is 0. The molecule has 0 aromatic rings. The Morgan fingerprint density at radius 2 is 1.92 bits per heavy atom. The van der Waals surface area contributed by atoms with Gasteiger partial charge < -0.3 is 0 Å². The Labute approximate surface area is 78.9 Å². The number of nitriles is 1. The topological polar surface area (TPSA) is 40.9 Å². The minimum Gasteiger partial charge on any atom is -0.298 e. The highest BCUT2D eigenvalue weighted by Gasteiger charge is 2.55. The predicted molar refractivity (Wildman–Crippen MR) is 48.7 cm³/mol. The third-order valence-corrected chi connectivity index (χ3v) is 3.61. The molecule has 0 heterocycles. The van der Waals surface area contributed by atoms with Crippen LogP contribution >= 0.6 is 0 Å². The molecule has 3 atom stereocenters. The second-order valence-electron chi connectivity index (χ2n) is 4.39. The molecule has 2 rings (SSSR count). The lowest BCUT2D eigenvalue weighted by Crippen LogP contribution is -2.12. The van der Waals surface area contributed by atoms with Gasteiger partial charge in [0.15, 0.2) is 5.78 Å². The predicted octanol–water partition coefficient (Wildman–Crippen LogP) is 2.15. The molecule has 0 aliphatic heterocycles. The number of carbonyl (C=O) groups is 1. The SMILES string of the molecule is CC(C#N)C(=O)C1C2CCCCC21. The van der Waals surface area contributed by atoms with Crippen LogP contribution in [-0.4, -0.2) is 5.78 Å². The molecule has 2 nitrogen and oxygen atoms in total. The van der Waals surface area contributed by atoms with Crippen LogP contribution in [-0.2, 0) is 4.79 Å². The van der Waals surface area contributed by atoms with Crippen molar-refractivity contribution in [3.63, 3.8) is 0 Å². The van der Waals surface area contributed by atoms with Crippen molar-refractivity contribution in [1.29, 1.82) is 5.26 Å². The van der Waals surface area contributed by atoms with Crippen molar-refractivity contribution in [2.45, 2.75) is 32.6 Å². The van der Waals surface area contributed by atoms with Crippen LogP contribution in [0.1, 0.15) is 32.6 Å². The number of hydrogen-bond acceptors (Lipinski definition) is 2. The Kier molecular flexibility index (Phi) is 2.11. The van der Waals surface area contributed by atoms with E-state index < -0.39 is 0 Å². The van der Waals surface area contributed by atoms with E-state index in [9.17, 15) is 4.79 Å². The van der Waals surface area contributed by atoms with Gasteiger partial charge in [-0.05, 0) is 31.6 Å².